The summed E-state index contributed by atoms with van der Waals surface area (Å²) in [5, 5.41) is 3.38. The van der Waals surface area contributed by atoms with E-state index in [1.807, 2.05) is 6.07 Å². The fourth-order valence-corrected chi connectivity index (χ4v) is 3.55. The first-order chi connectivity index (χ1) is 10.1. The summed E-state index contributed by atoms with van der Waals surface area (Å²) in [6.07, 6.45) is 2.54. The van der Waals surface area contributed by atoms with E-state index in [0.717, 1.165) is 24.2 Å². The second kappa shape index (κ2) is 6.65. The quantitative estimate of drug-likeness (QED) is 0.886. The second-order valence-corrected chi connectivity index (χ2v) is 6.90. The molecular formula is C15H18BrClN2O2. The molecule has 0 bridgehead atoms. The van der Waals surface area contributed by atoms with E-state index >= 15 is 0 Å². The predicted octanol–water partition coefficient (Wildman–Crippen LogP) is 2.70. The second-order valence-electron chi connectivity index (χ2n) is 5.58. The van der Waals surface area contributed by atoms with Crippen LogP contribution < -0.4 is 5.32 Å². The van der Waals surface area contributed by atoms with Crippen LogP contribution >= 0.6 is 27.5 Å². The predicted molar refractivity (Wildman–Crippen MR) is 85.8 cm³/mol. The maximum Gasteiger partial charge on any atom is 0.252 e. The maximum absolute atomic E-state index is 12.2. The zero-order valence-electron chi connectivity index (χ0n) is 11.6. The lowest BCUT2D eigenvalue weighted by Gasteiger charge is -2.35. The van der Waals surface area contributed by atoms with Gasteiger partial charge in [0.25, 0.3) is 5.91 Å². The number of carbonyl (C=O) groups excluding carboxylic acids is 1. The minimum Gasteiger partial charge on any atom is -0.373 e. The van der Waals surface area contributed by atoms with Crippen molar-refractivity contribution in [1.82, 2.24) is 10.2 Å². The highest BCUT2D eigenvalue weighted by Gasteiger charge is 2.32. The number of ether oxygens (including phenoxy) is 1. The van der Waals surface area contributed by atoms with E-state index in [4.69, 9.17) is 16.3 Å². The van der Waals surface area contributed by atoms with E-state index in [-0.39, 0.29) is 12.0 Å². The molecule has 1 amide bonds. The van der Waals surface area contributed by atoms with Crippen molar-refractivity contribution < 1.29 is 9.53 Å². The molecule has 2 atom stereocenters. The molecule has 1 aromatic rings. The lowest BCUT2D eigenvalue weighted by Crippen LogP contribution is -2.50. The molecule has 2 aliphatic heterocycles. The molecule has 2 unspecified atom stereocenters. The summed E-state index contributed by atoms with van der Waals surface area (Å²) in [5.41, 5.74) is 0.487. The Morgan fingerprint density at radius 1 is 1.52 bits per heavy atom. The summed E-state index contributed by atoms with van der Waals surface area (Å²) in [4.78, 5) is 14.7. The van der Waals surface area contributed by atoms with Gasteiger partial charge in [-0.2, -0.15) is 0 Å². The third-order valence-electron chi connectivity index (χ3n) is 4.12. The Morgan fingerprint density at radius 2 is 2.38 bits per heavy atom. The molecule has 114 valence electrons. The Labute approximate surface area is 137 Å². The monoisotopic (exact) mass is 372 g/mol. The average Bonchev–Trinajstić information content (AvgIpc) is 2.94. The molecule has 1 aromatic carbocycles. The van der Waals surface area contributed by atoms with Crippen LogP contribution in [0.5, 0.6) is 0 Å². The fourth-order valence-electron chi connectivity index (χ4n) is 2.98. The summed E-state index contributed by atoms with van der Waals surface area (Å²) in [6, 6.07) is 5.84. The van der Waals surface area contributed by atoms with Crippen LogP contribution in [0, 0.1) is 0 Å². The molecule has 3 rings (SSSR count). The molecule has 1 N–H and O–H groups in total. The smallest absolute Gasteiger partial charge is 0.252 e. The van der Waals surface area contributed by atoms with E-state index in [9.17, 15) is 4.79 Å². The Hall–Kier alpha value is -0.620. The molecule has 2 heterocycles. The molecule has 0 radical (unpaired) electrons. The van der Waals surface area contributed by atoms with Gasteiger partial charge >= 0.3 is 0 Å². The molecule has 0 aliphatic carbocycles. The van der Waals surface area contributed by atoms with E-state index in [0.29, 0.717) is 23.2 Å². The number of carbonyl (C=O) groups is 1. The van der Waals surface area contributed by atoms with Crippen LogP contribution in [0.4, 0.5) is 0 Å². The van der Waals surface area contributed by atoms with Crippen molar-refractivity contribution in [3.8, 4) is 0 Å². The number of benzene rings is 1. The highest BCUT2D eigenvalue weighted by atomic mass is 79.9. The largest absolute Gasteiger partial charge is 0.373 e. The van der Waals surface area contributed by atoms with Crippen LogP contribution in [0.3, 0.4) is 0 Å². The SMILES string of the molecule is O=C(NCC1CN2CCCC2CO1)c1cc(Br)ccc1Cl. The van der Waals surface area contributed by atoms with Crippen molar-refractivity contribution in [3.63, 3.8) is 0 Å². The van der Waals surface area contributed by atoms with Crippen molar-refractivity contribution in [2.75, 3.05) is 26.2 Å². The van der Waals surface area contributed by atoms with Crippen LogP contribution in [-0.2, 0) is 4.74 Å². The number of hydrogen-bond acceptors (Lipinski definition) is 3. The number of amides is 1. The van der Waals surface area contributed by atoms with Gasteiger partial charge in [0.1, 0.15) is 0 Å². The number of nitrogens with zero attached hydrogens (tertiary/aromatic N) is 1. The van der Waals surface area contributed by atoms with Gasteiger partial charge in [-0.15, -0.1) is 0 Å². The third-order valence-corrected chi connectivity index (χ3v) is 4.95. The first-order valence-corrected chi connectivity index (χ1v) is 8.39. The number of halogens is 2. The third kappa shape index (κ3) is 3.59. The number of rotatable bonds is 3. The Kier molecular flexibility index (Phi) is 4.84. The molecular weight excluding hydrogens is 356 g/mol. The topological polar surface area (TPSA) is 41.6 Å². The highest BCUT2D eigenvalue weighted by Crippen LogP contribution is 2.23. The number of morpholine rings is 1. The molecule has 2 saturated heterocycles. The van der Waals surface area contributed by atoms with Gasteiger partial charge in [0.15, 0.2) is 0 Å². The van der Waals surface area contributed by atoms with Crippen LogP contribution in [0.25, 0.3) is 0 Å². The molecule has 6 heteroatoms. The first-order valence-electron chi connectivity index (χ1n) is 7.22. The van der Waals surface area contributed by atoms with Crippen LogP contribution in [0.2, 0.25) is 5.02 Å². The molecule has 4 nitrogen and oxygen atoms in total. The van der Waals surface area contributed by atoms with Gasteiger partial charge in [0.2, 0.25) is 0 Å². The standard InChI is InChI=1S/C15H18BrClN2O2/c16-10-3-4-14(17)13(6-10)15(20)18-7-12-8-19-5-1-2-11(19)9-21-12/h3-4,6,11-12H,1-2,5,7-9H2,(H,18,20). The molecule has 0 aromatic heterocycles. The summed E-state index contributed by atoms with van der Waals surface area (Å²) in [7, 11) is 0. The molecule has 2 fully saturated rings. The lowest BCUT2D eigenvalue weighted by molar-refractivity contribution is -0.0461. The van der Waals surface area contributed by atoms with E-state index < -0.39 is 0 Å². The minimum atomic E-state index is -0.159. The van der Waals surface area contributed by atoms with Gasteiger partial charge in [-0.3, -0.25) is 9.69 Å². The van der Waals surface area contributed by atoms with E-state index in [1.165, 1.54) is 12.8 Å². The normalized spacial score (nSPS) is 25.6. The van der Waals surface area contributed by atoms with Gasteiger partial charge in [-0.05, 0) is 37.6 Å². The Bertz CT molecular complexity index is 540. The maximum atomic E-state index is 12.2. The van der Waals surface area contributed by atoms with Crippen molar-refractivity contribution in [1.29, 1.82) is 0 Å². The van der Waals surface area contributed by atoms with Gasteiger partial charge in [0, 0.05) is 23.6 Å². The van der Waals surface area contributed by atoms with Crippen LogP contribution in [-0.4, -0.2) is 49.2 Å². The minimum absolute atomic E-state index is 0.0641. The lowest BCUT2D eigenvalue weighted by atomic mass is 10.1. The highest BCUT2D eigenvalue weighted by molar-refractivity contribution is 9.10. The number of nitrogens with one attached hydrogen (secondary N) is 1. The summed E-state index contributed by atoms with van der Waals surface area (Å²) in [5.74, 6) is -0.159. The van der Waals surface area contributed by atoms with Gasteiger partial charge < -0.3 is 10.1 Å². The van der Waals surface area contributed by atoms with Crippen molar-refractivity contribution >= 4 is 33.4 Å². The molecule has 0 saturated carbocycles. The number of fused-ring (bicyclic) bond motifs is 1. The average molecular weight is 374 g/mol. The van der Waals surface area contributed by atoms with E-state index in [1.54, 1.807) is 12.1 Å². The van der Waals surface area contributed by atoms with Crippen LogP contribution in [0.1, 0.15) is 23.2 Å². The van der Waals surface area contributed by atoms with Crippen molar-refractivity contribution in [2.45, 2.75) is 25.0 Å². The van der Waals surface area contributed by atoms with E-state index in [2.05, 4.69) is 26.1 Å². The van der Waals surface area contributed by atoms with Gasteiger partial charge in [0.05, 0.1) is 23.3 Å². The van der Waals surface area contributed by atoms with Gasteiger partial charge in [-0.1, -0.05) is 27.5 Å². The zero-order valence-corrected chi connectivity index (χ0v) is 14.0. The zero-order chi connectivity index (χ0) is 14.8. The summed E-state index contributed by atoms with van der Waals surface area (Å²) in [6.45, 7) is 3.34. The summed E-state index contributed by atoms with van der Waals surface area (Å²) < 4.78 is 6.67. The fraction of sp³-hybridized carbons (Fsp3) is 0.533. The molecule has 21 heavy (non-hydrogen) atoms. The number of hydrogen-bond donors (Lipinski definition) is 1. The molecule has 2 aliphatic rings. The van der Waals surface area contributed by atoms with Crippen LogP contribution in [0.15, 0.2) is 22.7 Å². The van der Waals surface area contributed by atoms with Gasteiger partial charge in [-0.25, -0.2) is 0 Å². The summed E-state index contributed by atoms with van der Waals surface area (Å²) >= 11 is 9.42. The van der Waals surface area contributed by atoms with Crippen molar-refractivity contribution in [2.24, 2.45) is 0 Å². The first kappa shape index (κ1) is 15.3. The molecule has 0 spiro atoms. The van der Waals surface area contributed by atoms with Crippen molar-refractivity contribution in [3.05, 3.63) is 33.3 Å². The Balaban J connectivity index is 1.55. The Morgan fingerprint density at radius 3 is 3.24 bits per heavy atom.